The van der Waals surface area contributed by atoms with Gasteiger partial charge in [-0.2, -0.15) is 0 Å². The van der Waals surface area contributed by atoms with E-state index in [2.05, 4.69) is 15.3 Å². The van der Waals surface area contributed by atoms with Crippen LogP contribution in [0.25, 0.3) is 11.3 Å². The van der Waals surface area contributed by atoms with Gasteiger partial charge in [-0.15, -0.1) is 11.3 Å². The van der Waals surface area contributed by atoms with Gasteiger partial charge in [0.2, 0.25) is 0 Å². The molecule has 0 spiro atoms. The van der Waals surface area contributed by atoms with Gasteiger partial charge in [-0.3, -0.25) is 10.1 Å². The lowest BCUT2D eigenvalue weighted by molar-refractivity contribution is 0.102. The summed E-state index contributed by atoms with van der Waals surface area (Å²) in [4.78, 5) is 20.4. The number of carbonyl (C=O) groups excluding carboxylic acids is 1. The molecule has 2 aromatic heterocycles. The summed E-state index contributed by atoms with van der Waals surface area (Å²) in [6.45, 7) is 0. The zero-order valence-electron chi connectivity index (χ0n) is 11.4. The van der Waals surface area contributed by atoms with Gasteiger partial charge in [0.05, 0.1) is 10.7 Å². The molecular weight excluding hydrogens is 360 g/mol. The van der Waals surface area contributed by atoms with E-state index in [-0.39, 0.29) is 21.7 Å². The predicted octanol–water partition coefficient (Wildman–Crippen LogP) is 4.90. The number of halogens is 3. The lowest BCUT2D eigenvalue weighted by Crippen LogP contribution is -2.14. The second-order valence-electron chi connectivity index (χ2n) is 4.46. The molecule has 0 aliphatic heterocycles. The van der Waals surface area contributed by atoms with E-state index in [4.69, 9.17) is 23.2 Å². The molecule has 0 fully saturated rings. The monoisotopic (exact) mass is 367 g/mol. The number of hydrogen-bond donors (Lipinski definition) is 1. The number of nitrogens with one attached hydrogen (secondary N) is 1. The number of amides is 1. The van der Waals surface area contributed by atoms with Crippen molar-refractivity contribution in [3.8, 4) is 11.3 Å². The third kappa shape index (κ3) is 3.67. The SMILES string of the molecule is O=C(Nc1nc(-c2ccc(F)cc2)cs1)c1nc(Cl)ccc1Cl. The van der Waals surface area contributed by atoms with E-state index in [9.17, 15) is 9.18 Å². The summed E-state index contributed by atoms with van der Waals surface area (Å²) in [5.41, 5.74) is 1.41. The van der Waals surface area contributed by atoms with E-state index in [0.29, 0.717) is 10.8 Å². The molecule has 116 valence electrons. The number of anilines is 1. The van der Waals surface area contributed by atoms with Crippen LogP contribution in [0.15, 0.2) is 41.8 Å². The van der Waals surface area contributed by atoms with Crippen molar-refractivity contribution >= 4 is 45.6 Å². The van der Waals surface area contributed by atoms with E-state index in [0.717, 1.165) is 5.56 Å². The highest BCUT2D eigenvalue weighted by Gasteiger charge is 2.15. The van der Waals surface area contributed by atoms with Crippen LogP contribution in [-0.2, 0) is 0 Å². The number of thiazole rings is 1. The van der Waals surface area contributed by atoms with Crippen LogP contribution < -0.4 is 5.32 Å². The van der Waals surface area contributed by atoms with Crippen LogP contribution in [0.3, 0.4) is 0 Å². The maximum Gasteiger partial charge on any atom is 0.277 e. The van der Waals surface area contributed by atoms with Gasteiger partial charge in [0.15, 0.2) is 5.13 Å². The molecule has 8 heteroatoms. The van der Waals surface area contributed by atoms with Crippen molar-refractivity contribution in [1.82, 2.24) is 9.97 Å². The van der Waals surface area contributed by atoms with Gasteiger partial charge in [0.25, 0.3) is 5.91 Å². The molecule has 0 unspecified atom stereocenters. The Morgan fingerprint density at radius 1 is 1.09 bits per heavy atom. The summed E-state index contributed by atoms with van der Waals surface area (Å²) in [6.07, 6.45) is 0. The smallest absolute Gasteiger partial charge is 0.277 e. The van der Waals surface area contributed by atoms with Gasteiger partial charge >= 0.3 is 0 Å². The first-order valence-electron chi connectivity index (χ1n) is 6.38. The molecule has 0 aliphatic carbocycles. The Labute approximate surface area is 144 Å². The maximum absolute atomic E-state index is 12.9. The van der Waals surface area contributed by atoms with Gasteiger partial charge in [-0.1, -0.05) is 23.2 Å². The average molecular weight is 368 g/mol. The number of carbonyl (C=O) groups is 1. The second-order valence-corrected chi connectivity index (χ2v) is 6.12. The molecule has 0 bridgehead atoms. The highest BCUT2D eigenvalue weighted by molar-refractivity contribution is 7.14. The minimum Gasteiger partial charge on any atom is -0.296 e. The number of hydrogen-bond acceptors (Lipinski definition) is 4. The Morgan fingerprint density at radius 2 is 1.83 bits per heavy atom. The molecule has 0 radical (unpaired) electrons. The van der Waals surface area contributed by atoms with Crippen LogP contribution in [0.5, 0.6) is 0 Å². The highest BCUT2D eigenvalue weighted by Crippen LogP contribution is 2.26. The standard InChI is InChI=1S/C15H8Cl2FN3OS/c16-10-5-6-12(17)20-13(10)14(22)21-15-19-11(7-23-15)8-1-3-9(18)4-2-8/h1-7H,(H,19,21,22). The first kappa shape index (κ1) is 15.9. The van der Waals surface area contributed by atoms with Crippen LogP contribution in [0.2, 0.25) is 10.2 Å². The molecule has 4 nitrogen and oxygen atoms in total. The topological polar surface area (TPSA) is 54.9 Å². The van der Waals surface area contributed by atoms with Crippen LogP contribution in [0, 0.1) is 5.82 Å². The number of benzene rings is 1. The summed E-state index contributed by atoms with van der Waals surface area (Å²) >= 11 is 12.9. The van der Waals surface area contributed by atoms with Gasteiger partial charge in [-0.25, -0.2) is 14.4 Å². The number of nitrogens with zero attached hydrogens (tertiary/aromatic N) is 2. The van der Waals surface area contributed by atoms with Crippen molar-refractivity contribution in [2.45, 2.75) is 0 Å². The van der Waals surface area contributed by atoms with Crippen molar-refractivity contribution in [1.29, 1.82) is 0 Å². The zero-order chi connectivity index (χ0) is 16.4. The Balaban J connectivity index is 1.80. The van der Waals surface area contributed by atoms with Gasteiger partial charge < -0.3 is 0 Å². The van der Waals surface area contributed by atoms with Crippen molar-refractivity contribution in [2.75, 3.05) is 5.32 Å². The molecule has 1 N–H and O–H groups in total. The van der Waals surface area contributed by atoms with Crippen LogP contribution in [0.1, 0.15) is 10.5 Å². The van der Waals surface area contributed by atoms with E-state index >= 15 is 0 Å². The number of rotatable bonds is 3. The highest BCUT2D eigenvalue weighted by atomic mass is 35.5. The van der Waals surface area contributed by atoms with Crippen LogP contribution >= 0.6 is 34.5 Å². The largest absolute Gasteiger partial charge is 0.296 e. The molecule has 3 aromatic rings. The first-order chi connectivity index (χ1) is 11.0. The molecule has 0 saturated heterocycles. The van der Waals surface area contributed by atoms with E-state index in [1.807, 2.05) is 0 Å². The molecule has 0 atom stereocenters. The molecule has 3 rings (SSSR count). The van der Waals surface area contributed by atoms with E-state index in [1.165, 1.54) is 35.6 Å². The lowest BCUT2D eigenvalue weighted by Gasteiger charge is -2.03. The lowest BCUT2D eigenvalue weighted by atomic mass is 10.2. The van der Waals surface area contributed by atoms with E-state index in [1.54, 1.807) is 17.5 Å². The number of pyridine rings is 1. The maximum atomic E-state index is 12.9. The minimum atomic E-state index is -0.502. The summed E-state index contributed by atoms with van der Waals surface area (Å²) in [6, 6.07) is 8.93. The Hall–Kier alpha value is -2.02. The van der Waals surface area contributed by atoms with Crippen molar-refractivity contribution in [3.63, 3.8) is 0 Å². The average Bonchev–Trinajstić information content (AvgIpc) is 2.99. The molecule has 1 amide bonds. The Kier molecular flexibility index (Phi) is 4.56. The molecule has 1 aromatic carbocycles. The minimum absolute atomic E-state index is 0.0256. The predicted molar refractivity (Wildman–Crippen MR) is 89.7 cm³/mol. The second kappa shape index (κ2) is 6.62. The normalized spacial score (nSPS) is 10.6. The quantitative estimate of drug-likeness (QED) is 0.669. The fraction of sp³-hybridized carbons (Fsp3) is 0. The molecule has 2 heterocycles. The first-order valence-corrected chi connectivity index (χ1v) is 8.01. The Morgan fingerprint density at radius 3 is 2.57 bits per heavy atom. The zero-order valence-corrected chi connectivity index (χ0v) is 13.7. The molecule has 0 saturated carbocycles. The molecular formula is C15H8Cl2FN3OS. The van der Waals surface area contributed by atoms with E-state index < -0.39 is 5.91 Å². The van der Waals surface area contributed by atoms with Gasteiger partial charge in [0, 0.05) is 10.9 Å². The van der Waals surface area contributed by atoms with Crippen molar-refractivity contribution in [2.24, 2.45) is 0 Å². The number of aromatic nitrogens is 2. The van der Waals surface area contributed by atoms with Crippen molar-refractivity contribution < 1.29 is 9.18 Å². The fourth-order valence-electron chi connectivity index (χ4n) is 1.82. The van der Waals surface area contributed by atoms with Crippen LogP contribution in [0.4, 0.5) is 9.52 Å². The van der Waals surface area contributed by atoms with Crippen LogP contribution in [-0.4, -0.2) is 15.9 Å². The third-order valence-corrected chi connectivity index (χ3v) is 4.16. The van der Waals surface area contributed by atoms with Gasteiger partial charge in [-0.05, 0) is 36.4 Å². The summed E-state index contributed by atoms with van der Waals surface area (Å²) in [5, 5.41) is 5.13. The molecule has 23 heavy (non-hydrogen) atoms. The molecule has 0 aliphatic rings. The summed E-state index contributed by atoms with van der Waals surface area (Å²) in [5.74, 6) is -0.823. The fourth-order valence-corrected chi connectivity index (χ4v) is 2.87. The summed E-state index contributed by atoms with van der Waals surface area (Å²) in [7, 11) is 0. The van der Waals surface area contributed by atoms with Crippen molar-refractivity contribution in [3.05, 3.63) is 63.5 Å². The third-order valence-electron chi connectivity index (χ3n) is 2.89. The Bertz CT molecular complexity index is 867. The summed E-state index contributed by atoms with van der Waals surface area (Å²) < 4.78 is 12.9. The van der Waals surface area contributed by atoms with Gasteiger partial charge in [0.1, 0.15) is 16.7 Å².